The number of fused-ring (bicyclic) bond motifs is 5. The van der Waals surface area contributed by atoms with Gasteiger partial charge in [-0.2, -0.15) is 0 Å². The van der Waals surface area contributed by atoms with Crippen LogP contribution in [0.15, 0.2) is 11.6 Å². The van der Waals surface area contributed by atoms with Crippen molar-refractivity contribution in [2.45, 2.75) is 97.1 Å². The number of carbonyl (C=O) groups excluding carboxylic acids is 2. The third-order valence-electron chi connectivity index (χ3n) is 9.51. The van der Waals surface area contributed by atoms with Gasteiger partial charge in [0.25, 0.3) is 0 Å². The highest BCUT2D eigenvalue weighted by Gasteiger charge is 2.60. The summed E-state index contributed by atoms with van der Waals surface area (Å²) in [6, 6.07) is 0. The molecule has 0 N–H and O–H groups in total. The van der Waals surface area contributed by atoms with Gasteiger partial charge in [-0.25, -0.2) is 0 Å². The summed E-state index contributed by atoms with van der Waals surface area (Å²) < 4.78 is 24.9. The number of Topliss-reactive ketones (excluding diaryl/α,β-unsaturated/α-hetero) is 1. The molecule has 0 saturated heterocycles. The van der Waals surface area contributed by atoms with Gasteiger partial charge < -0.3 is 4.43 Å². The van der Waals surface area contributed by atoms with Crippen LogP contribution in [-0.4, -0.2) is 26.5 Å². The minimum atomic E-state index is -1.99. The van der Waals surface area contributed by atoms with E-state index in [-0.39, 0.29) is 39.4 Å². The third kappa shape index (κ3) is 3.24. The second kappa shape index (κ2) is 6.88. The van der Waals surface area contributed by atoms with Crippen molar-refractivity contribution < 1.29 is 16.8 Å². The molecule has 3 nitrogen and oxygen atoms in total. The fourth-order valence-electron chi connectivity index (χ4n) is 6.41. The van der Waals surface area contributed by atoms with Gasteiger partial charge in [-0.3, -0.25) is 9.59 Å². The molecule has 0 heterocycles. The van der Waals surface area contributed by atoms with Crippen LogP contribution < -0.4 is 0 Å². The minimum Gasteiger partial charge on any atom is -0.416 e. The predicted molar refractivity (Wildman–Crippen MR) is 119 cm³/mol. The van der Waals surface area contributed by atoms with Gasteiger partial charge in [-0.1, -0.05) is 33.3 Å². The Morgan fingerprint density at radius 3 is 2.55 bits per heavy atom. The molecule has 3 saturated carbocycles. The van der Waals surface area contributed by atoms with Crippen LogP contribution in [0.1, 0.15) is 81.8 Å². The lowest BCUT2D eigenvalue weighted by Crippen LogP contribution is -2.55. The van der Waals surface area contributed by atoms with Crippen LogP contribution in [0.4, 0.5) is 0 Å². The fourth-order valence-corrected chi connectivity index (χ4v) is 7.46. The quantitative estimate of drug-likeness (QED) is 0.521. The highest BCUT2D eigenvalue weighted by molar-refractivity contribution is 6.74. The number of hydrogen-bond acceptors (Lipinski definition) is 3. The summed E-state index contributed by atoms with van der Waals surface area (Å²) in [6.07, 6.45) is 5.08. The van der Waals surface area contributed by atoms with Crippen LogP contribution in [0, 0.1) is 28.6 Å². The van der Waals surface area contributed by atoms with Crippen LogP contribution in [0.3, 0.4) is 0 Å². The summed E-state index contributed by atoms with van der Waals surface area (Å²) in [7, 11) is -1.99. The van der Waals surface area contributed by atoms with E-state index in [1.165, 1.54) is 0 Å². The Morgan fingerprint density at radius 2 is 1.86 bits per heavy atom. The molecule has 29 heavy (non-hydrogen) atoms. The molecular weight excluding hydrogens is 376 g/mol. The topological polar surface area (TPSA) is 43.4 Å². The molecule has 0 aliphatic heterocycles. The number of hydrogen-bond donors (Lipinski definition) is 0. The summed E-state index contributed by atoms with van der Waals surface area (Å²) in [5.41, 5.74) is 0.357. The molecule has 0 unspecified atom stereocenters. The van der Waals surface area contributed by atoms with E-state index in [0.29, 0.717) is 31.7 Å². The molecule has 0 radical (unpaired) electrons. The summed E-state index contributed by atoms with van der Waals surface area (Å²) in [5, 5.41) is 0.101. The van der Waals surface area contributed by atoms with Crippen molar-refractivity contribution >= 4 is 19.9 Å². The lowest BCUT2D eigenvalue weighted by Gasteiger charge is -2.58. The number of rotatable bonds is 3. The zero-order valence-electron chi connectivity index (χ0n) is 21.2. The molecule has 0 aromatic heterocycles. The molecular formula is C25H40O3Si. The summed E-state index contributed by atoms with van der Waals surface area (Å²) in [4.78, 5) is 25.2. The molecule has 4 aliphatic rings. The molecule has 0 amide bonds. The third-order valence-corrected chi connectivity index (χ3v) is 14.0. The van der Waals surface area contributed by atoms with Gasteiger partial charge >= 0.3 is 0 Å². The Hall–Kier alpha value is -0.743. The monoisotopic (exact) mass is 418 g/mol. The molecule has 162 valence electrons. The minimum absolute atomic E-state index is 0.101. The molecule has 4 rings (SSSR count). The Kier molecular flexibility index (Phi) is 4.50. The normalized spacial score (nSPS) is 43.0. The molecule has 3 fully saturated rings. The standard InChI is InChI=1S/C25H40O3Si/c1-23(2,3)29(5,6)28-16-25-14-11-18(26)15-17(25)7-8-19-20-9-10-22(27)24(20,4)13-12-21(19)25/h15,19-21H,7-14,16H2,1-6H3/t19-,20-,21-,24-,25+/m0/s1/i8D2. The smallest absolute Gasteiger partial charge is 0.192 e. The van der Waals surface area contributed by atoms with E-state index in [4.69, 9.17) is 7.17 Å². The second-order valence-electron chi connectivity index (χ2n) is 11.9. The van der Waals surface area contributed by atoms with Crippen LogP contribution in [-0.2, 0) is 14.0 Å². The van der Waals surface area contributed by atoms with Crippen molar-refractivity contribution in [3.05, 3.63) is 11.6 Å². The Balaban J connectivity index is 1.76. The van der Waals surface area contributed by atoms with Crippen LogP contribution in [0.5, 0.6) is 0 Å². The lowest BCUT2D eigenvalue weighted by atomic mass is 9.47. The van der Waals surface area contributed by atoms with E-state index < -0.39 is 14.7 Å². The fraction of sp³-hybridized carbons (Fsp3) is 0.840. The first kappa shape index (κ1) is 19.0. The molecule has 0 aromatic rings. The number of carbonyl (C=O) groups is 2. The average molecular weight is 419 g/mol. The van der Waals surface area contributed by atoms with Gasteiger partial charge in [0.2, 0.25) is 0 Å². The SMILES string of the molecule is [2H]C1([2H])CC2=CC(=O)CC[C@]2(CO[Si](C)(C)C(C)(C)C)[C@H]2CC[C@]3(C)C(=O)CC[C@H]3[C@@H]21. The Labute approximate surface area is 181 Å². The zero-order chi connectivity index (χ0) is 23.0. The average Bonchev–Trinajstić information content (AvgIpc) is 2.94. The van der Waals surface area contributed by atoms with Crippen molar-refractivity contribution in [3.8, 4) is 0 Å². The highest BCUT2D eigenvalue weighted by Crippen LogP contribution is 2.64. The van der Waals surface area contributed by atoms with Crippen LogP contribution in [0.25, 0.3) is 0 Å². The van der Waals surface area contributed by atoms with Crippen molar-refractivity contribution in [3.63, 3.8) is 0 Å². The van der Waals surface area contributed by atoms with Crippen molar-refractivity contribution in [2.75, 3.05) is 6.61 Å². The first-order chi connectivity index (χ1) is 14.1. The van der Waals surface area contributed by atoms with Gasteiger partial charge in [0.1, 0.15) is 5.78 Å². The second-order valence-corrected chi connectivity index (χ2v) is 16.7. The summed E-state index contributed by atoms with van der Waals surface area (Å²) in [6.45, 7) is 14.0. The van der Waals surface area contributed by atoms with Gasteiger partial charge in [0.05, 0.1) is 0 Å². The Morgan fingerprint density at radius 1 is 1.14 bits per heavy atom. The van der Waals surface area contributed by atoms with E-state index in [0.717, 1.165) is 31.3 Å². The summed E-state index contributed by atoms with van der Waals surface area (Å²) in [5.74, 6) is 0.579. The first-order valence-electron chi connectivity index (χ1n) is 12.6. The Bertz CT molecular complexity index is 827. The van der Waals surface area contributed by atoms with E-state index in [1.54, 1.807) is 6.08 Å². The maximum atomic E-state index is 12.8. The molecule has 4 aliphatic carbocycles. The highest BCUT2D eigenvalue weighted by atomic mass is 28.4. The first-order valence-corrected chi connectivity index (χ1v) is 14.5. The van der Waals surface area contributed by atoms with E-state index in [1.807, 2.05) is 0 Å². The summed E-state index contributed by atoms with van der Waals surface area (Å²) >= 11 is 0. The van der Waals surface area contributed by atoms with E-state index in [9.17, 15) is 9.59 Å². The van der Waals surface area contributed by atoms with Crippen molar-refractivity contribution in [2.24, 2.45) is 28.6 Å². The largest absolute Gasteiger partial charge is 0.416 e. The maximum absolute atomic E-state index is 12.8. The van der Waals surface area contributed by atoms with E-state index >= 15 is 0 Å². The van der Waals surface area contributed by atoms with Gasteiger partial charge in [0, 0.05) is 33.0 Å². The molecule has 4 heteroatoms. The number of ketones is 2. The predicted octanol–water partition coefficient (Wildman–Crippen LogP) is 6.09. The molecule has 5 atom stereocenters. The van der Waals surface area contributed by atoms with Crippen molar-refractivity contribution in [1.82, 2.24) is 0 Å². The molecule has 0 bridgehead atoms. The van der Waals surface area contributed by atoms with Gasteiger partial charge in [-0.05, 0) is 80.4 Å². The van der Waals surface area contributed by atoms with Crippen molar-refractivity contribution in [1.29, 1.82) is 0 Å². The van der Waals surface area contributed by atoms with Crippen LogP contribution >= 0.6 is 0 Å². The lowest BCUT2D eigenvalue weighted by molar-refractivity contribution is -0.133. The zero-order valence-corrected chi connectivity index (χ0v) is 20.2. The van der Waals surface area contributed by atoms with Gasteiger partial charge in [0.15, 0.2) is 14.1 Å². The van der Waals surface area contributed by atoms with Gasteiger partial charge in [-0.15, -0.1) is 0 Å². The molecule has 0 spiro atoms. The molecule has 0 aromatic carbocycles. The maximum Gasteiger partial charge on any atom is 0.192 e. The van der Waals surface area contributed by atoms with E-state index in [2.05, 4.69) is 40.8 Å². The van der Waals surface area contributed by atoms with Crippen LogP contribution in [0.2, 0.25) is 18.1 Å².